The summed E-state index contributed by atoms with van der Waals surface area (Å²) in [6.07, 6.45) is 7.95. The molecule has 1 amide bonds. The predicted octanol–water partition coefficient (Wildman–Crippen LogP) is 2.97. The Bertz CT molecular complexity index is 1490. The molecule has 0 bridgehead atoms. The number of anilines is 1. The monoisotopic (exact) mass is 616 g/mol. The summed E-state index contributed by atoms with van der Waals surface area (Å²) in [5, 5.41) is 0. The molecule has 0 radical (unpaired) electrons. The molecule has 1 aromatic carbocycles. The summed E-state index contributed by atoms with van der Waals surface area (Å²) in [5.41, 5.74) is 3.31. The van der Waals surface area contributed by atoms with E-state index in [9.17, 15) is 4.79 Å². The SMILES string of the molecule is [C-]#[N+]C[C@H]1CN(c2nc(OC[C@@H]3CCCN3C)nc3c2CN(C)C2(CCc4cccc(F)c42)C3)CCN1C(=O)/C=C/CN(C)C. The van der Waals surface area contributed by atoms with Crippen molar-refractivity contribution in [3.05, 3.63) is 70.0 Å². The fourth-order valence-electron chi connectivity index (χ4n) is 7.67. The van der Waals surface area contributed by atoms with Gasteiger partial charge < -0.3 is 29.2 Å². The van der Waals surface area contributed by atoms with Crippen LogP contribution in [-0.4, -0.2) is 122 Å². The van der Waals surface area contributed by atoms with Crippen molar-refractivity contribution >= 4 is 11.7 Å². The highest BCUT2D eigenvalue weighted by molar-refractivity contribution is 5.88. The molecule has 3 atom stereocenters. The van der Waals surface area contributed by atoms with Gasteiger partial charge in [0.15, 0.2) is 0 Å². The third kappa shape index (κ3) is 6.16. The molecule has 1 unspecified atom stereocenters. The second kappa shape index (κ2) is 13.0. The molecule has 10 nitrogen and oxygen atoms in total. The van der Waals surface area contributed by atoms with E-state index in [-0.39, 0.29) is 24.3 Å². The summed E-state index contributed by atoms with van der Waals surface area (Å²) in [6, 6.07) is 5.82. The van der Waals surface area contributed by atoms with Crippen LogP contribution in [0.2, 0.25) is 0 Å². The van der Waals surface area contributed by atoms with Gasteiger partial charge in [0, 0.05) is 62.4 Å². The number of ether oxygens (including phenoxy) is 1. The van der Waals surface area contributed by atoms with Gasteiger partial charge in [0.25, 0.3) is 0 Å². The zero-order valence-corrected chi connectivity index (χ0v) is 27.0. The Morgan fingerprint density at radius 3 is 2.82 bits per heavy atom. The van der Waals surface area contributed by atoms with E-state index in [2.05, 4.69) is 33.6 Å². The highest BCUT2D eigenvalue weighted by atomic mass is 19.1. The number of likely N-dealkylation sites (N-methyl/N-ethyl adjacent to an activating group) is 3. The van der Waals surface area contributed by atoms with Gasteiger partial charge in [-0.1, -0.05) is 18.2 Å². The number of nitrogens with zero attached hydrogens (tertiary/aromatic N) is 8. The minimum atomic E-state index is -0.473. The number of benzene rings is 1. The van der Waals surface area contributed by atoms with Crippen LogP contribution in [0.15, 0.2) is 30.4 Å². The van der Waals surface area contributed by atoms with E-state index in [0.29, 0.717) is 57.8 Å². The highest BCUT2D eigenvalue weighted by Crippen LogP contribution is 2.49. The Hall–Kier alpha value is -3.59. The fourth-order valence-corrected chi connectivity index (χ4v) is 7.67. The molecular weight excluding hydrogens is 571 g/mol. The molecule has 2 aromatic rings. The molecule has 2 saturated heterocycles. The van der Waals surface area contributed by atoms with E-state index >= 15 is 4.39 Å². The molecule has 1 aliphatic carbocycles. The molecule has 4 aliphatic rings. The first-order chi connectivity index (χ1) is 21.7. The predicted molar refractivity (Wildman–Crippen MR) is 172 cm³/mol. The number of aryl methyl sites for hydroxylation is 1. The second-order valence-corrected chi connectivity index (χ2v) is 13.3. The van der Waals surface area contributed by atoms with Crippen LogP contribution in [0.25, 0.3) is 4.85 Å². The first-order valence-corrected chi connectivity index (χ1v) is 16.1. The Kier molecular flexibility index (Phi) is 9.09. The number of aromatic nitrogens is 2. The van der Waals surface area contributed by atoms with Crippen LogP contribution >= 0.6 is 0 Å². The molecule has 0 N–H and O–H groups in total. The summed E-state index contributed by atoms with van der Waals surface area (Å²) >= 11 is 0. The Morgan fingerprint density at radius 2 is 2.07 bits per heavy atom. The molecule has 240 valence electrons. The Balaban J connectivity index is 1.32. The molecule has 2 fully saturated rings. The number of hydrogen-bond acceptors (Lipinski definition) is 8. The first-order valence-electron chi connectivity index (χ1n) is 16.1. The topological polar surface area (TPSA) is 72.6 Å². The smallest absolute Gasteiger partial charge is 0.318 e. The lowest BCUT2D eigenvalue weighted by Gasteiger charge is -2.46. The maximum Gasteiger partial charge on any atom is 0.318 e. The number of amides is 1. The molecule has 0 saturated carbocycles. The minimum Gasteiger partial charge on any atom is -0.462 e. The number of hydrogen-bond donors (Lipinski definition) is 0. The van der Waals surface area contributed by atoms with Crippen LogP contribution < -0.4 is 9.64 Å². The van der Waals surface area contributed by atoms with Crippen molar-refractivity contribution in [1.82, 2.24) is 29.6 Å². The summed E-state index contributed by atoms with van der Waals surface area (Å²) in [5.74, 6) is 0.578. The third-order valence-corrected chi connectivity index (χ3v) is 10.2. The van der Waals surface area contributed by atoms with Crippen LogP contribution in [0.5, 0.6) is 6.01 Å². The van der Waals surface area contributed by atoms with Crippen molar-refractivity contribution in [2.45, 2.75) is 56.3 Å². The standard InChI is InChI=1S/C34H45FN8O2/c1-36-20-26-21-42(17-18-43(26)30(44)12-8-15-39(2)3)32-27-22-41(5)34(14-13-24-9-6-11-28(35)31(24)34)19-29(27)37-33(38-32)45-23-25-10-7-16-40(25)4/h6,8-9,11-12,25-26H,7,10,13-23H2,2-5H3/b12-8+/t25-,26-,34?/m0/s1. The van der Waals surface area contributed by atoms with Gasteiger partial charge in [-0.25, -0.2) is 11.0 Å². The largest absolute Gasteiger partial charge is 0.462 e. The normalized spacial score (nSPS) is 25.3. The molecule has 6 rings (SSSR count). The number of carbonyl (C=O) groups excluding carboxylic acids is 1. The fraction of sp³-hybridized carbons (Fsp3) is 0.588. The van der Waals surface area contributed by atoms with Gasteiger partial charge in [-0.3, -0.25) is 9.69 Å². The molecule has 1 aromatic heterocycles. The number of likely N-dealkylation sites (tertiary alicyclic amines) is 1. The van der Waals surface area contributed by atoms with E-state index in [1.54, 1.807) is 18.2 Å². The van der Waals surface area contributed by atoms with Crippen LogP contribution in [0.3, 0.4) is 0 Å². The number of rotatable bonds is 8. The van der Waals surface area contributed by atoms with Crippen molar-refractivity contribution in [3.63, 3.8) is 0 Å². The van der Waals surface area contributed by atoms with Gasteiger partial charge in [-0.15, -0.1) is 0 Å². The average Bonchev–Trinajstić information content (AvgIpc) is 3.60. The van der Waals surface area contributed by atoms with Gasteiger partial charge in [-0.05, 0) is 72.0 Å². The van der Waals surface area contributed by atoms with Crippen LogP contribution in [-0.2, 0) is 29.7 Å². The van der Waals surface area contributed by atoms with Crippen molar-refractivity contribution < 1.29 is 13.9 Å². The number of piperazine rings is 1. The van der Waals surface area contributed by atoms with Crippen LogP contribution in [0.1, 0.15) is 41.6 Å². The lowest BCUT2D eigenvalue weighted by Crippen LogP contribution is -2.57. The van der Waals surface area contributed by atoms with Crippen LogP contribution in [0.4, 0.5) is 10.2 Å². The van der Waals surface area contributed by atoms with E-state index in [1.165, 1.54) is 0 Å². The van der Waals surface area contributed by atoms with E-state index < -0.39 is 5.54 Å². The van der Waals surface area contributed by atoms with Gasteiger partial charge in [-0.2, -0.15) is 9.97 Å². The molecule has 3 aliphatic heterocycles. The zero-order chi connectivity index (χ0) is 31.7. The summed E-state index contributed by atoms with van der Waals surface area (Å²) in [4.78, 5) is 37.5. The Labute approximate surface area is 266 Å². The summed E-state index contributed by atoms with van der Waals surface area (Å²) < 4.78 is 21.7. The van der Waals surface area contributed by atoms with Crippen LogP contribution in [0, 0.1) is 12.4 Å². The van der Waals surface area contributed by atoms with Gasteiger partial charge in [0.2, 0.25) is 12.5 Å². The average molecular weight is 617 g/mol. The van der Waals surface area contributed by atoms with E-state index in [0.717, 1.165) is 60.4 Å². The van der Waals surface area contributed by atoms with Crippen molar-refractivity contribution in [2.24, 2.45) is 0 Å². The summed E-state index contributed by atoms with van der Waals surface area (Å²) in [6.45, 7) is 12.2. The number of fused-ring (bicyclic) bond motifs is 3. The molecular formula is C34H45FN8O2. The number of carbonyl (C=O) groups is 1. The zero-order valence-electron chi connectivity index (χ0n) is 27.0. The number of halogens is 1. The van der Waals surface area contributed by atoms with E-state index in [4.69, 9.17) is 21.3 Å². The van der Waals surface area contributed by atoms with Crippen molar-refractivity contribution in [2.75, 3.05) is 79.0 Å². The van der Waals surface area contributed by atoms with Gasteiger partial charge in [0.1, 0.15) is 24.3 Å². The summed E-state index contributed by atoms with van der Waals surface area (Å²) in [7, 11) is 8.12. The highest BCUT2D eigenvalue weighted by Gasteiger charge is 2.48. The minimum absolute atomic E-state index is 0.0665. The van der Waals surface area contributed by atoms with E-state index in [1.807, 2.05) is 36.0 Å². The molecule has 1 spiro atoms. The van der Waals surface area contributed by atoms with Crippen molar-refractivity contribution in [3.8, 4) is 6.01 Å². The maximum absolute atomic E-state index is 15.4. The molecule has 45 heavy (non-hydrogen) atoms. The Morgan fingerprint density at radius 1 is 1.22 bits per heavy atom. The third-order valence-electron chi connectivity index (χ3n) is 10.2. The van der Waals surface area contributed by atoms with Gasteiger partial charge >= 0.3 is 6.01 Å². The maximum atomic E-state index is 15.4. The van der Waals surface area contributed by atoms with Gasteiger partial charge in [0.05, 0.1) is 11.2 Å². The first kappa shape index (κ1) is 31.4. The second-order valence-electron chi connectivity index (χ2n) is 13.3. The van der Waals surface area contributed by atoms with Crippen molar-refractivity contribution in [1.29, 1.82) is 0 Å². The lowest BCUT2D eigenvalue weighted by molar-refractivity contribution is -0.128. The molecule has 11 heteroatoms. The molecule has 4 heterocycles. The quantitative estimate of drug-likeness (QED) is 0.331. The lowest BCUT2D eigenvalue weighted by atomic mass is 9.80.